The zero-order chi connectivity index (χ0) is 15.7. The lowest BCUT2D eigenvalue weighted by Gasteiger charge is -2.25. The van der Waals surface area contributed by atoms with Crippen molar-refractivity contribution in [3.63, 3.8) is 0 Å². The van der Waals surface area contributed by atoms with Gasteiger partial charge in [-0.2, -0.15) is 0 Å². The van der Waals surface area contributed by atoms with Crippen molar-refractivity contribution in [3.8, 4) is 0 Å². The molecule has 1 aliphatic rings. The lowest BCUT2D eigenvalue weighted by atomic mass is 9.83. The maximum atomic E-state index is 13.8. The summed E-state index contributed by atoms with van der Waals surface area (Å²) in [7, 11) is -3.01. The summed E-state index contributed by atoms with van der Waals surface area (Å²) in [5.41, 5.74) is 0. The Bertz CT molecular complexity index is 730. The van der Waals surface area contributed by atoms with E-state index in [4.69, 9.17) is 10.7 Å². The average Bonchev–Trinajstić information content (AvgIpc) is 2.30. The van der Waals surface area contributed by atoms with Crippen molar-refractivity contribution in [2.24, 2.45) is 5.92 Å². The van der Waals surface area contributed by atoms with Crippen LogP contribution >= 0.6 is 10.7 Å². The van der Waals surface area contributed by atoms with Crippen molar-refractivity contribution in [2.45, 2.75) is 35.5 Å². The van der Waals surface area contributed by atoms with Gasteiger partial charge >= 0.3 is 0 Å². The fourth-order valence-electron chi connectivity index (χ4n) is 2.11. The Morgan fingerprint density at radius 1 is 1.24 bits per heavy atom. The molecular formula is C12H15ClFNO4S2. The molecule has 1 N–H and O–H groups in total. The van der Waals surface area contributed by atoms with E-state index in [1.165, 1.54) is 6.42 Å². The highest BCUT2D eigenvalue weighted by Crippen LogP contribution is 2.29. The summed E-state index contributed by atoms with van der Waals surface area (Å²) in [5.74, 6) is -0.616. The lowest BCUT2D eigenvalue weighted by molar-refractivity contribution is 0.297. The van der Waals surface area contributed by atoms with Crippen molar-refractivity contribution >= 4 is 29.8 Å². The van der Waals surface area contributed by atoms with E-state index >= 15 is 0 Å². The van der Waals surface area contributed by atoms with Gasteiger partial charge in [-0.3, -0.25) is 0 Å². The number of hydrogen-bond acceptors (Lipinski definition) is 4. The first-order valence-corrected chi connectivity index (χ1v) is 10.2. The van der Waals surface area contributed by atoms with E-state index < -0.39 is 34.7 Å². The molecule has 0 spiro atoms. The van der Waals surface area contributed by atoms with Crippen molar-refractivity contribution < 1.29 is 21.2 Å². The Balaban J connectivity index is 2.12. The van der Waals surface area contributed by atoms with E-state index in [9.17, 15) is 21.2 Å². The molecule has 1 aromatic rings. The first kappa shape index (κ1) is 16.7. The molecule has 0 radical (unpaired) electrons. The second-order valence-corrected chi connectivity index (χ2v) is 9.31. The third-order valence-corrected chi connectivity index (χ3v) is 6.39. The molecule has 1 aliphatic carbocycles. The maximum absolute atomic E-state index is 13.8. The lowest BCUT2D eigenvalue weighted by Crippen LogP contribution is -2.28. The molecule has 1 aromatic carbocycles. The first-order chi connectivity index (χ1) is 9.70. The second kappa shape index (κ2) is 6.20. The van der Waals surface area contributed by atoms with Gasteiger partial charge in [-0.1, -0.05) is 19.3 Å². The van der Waals surface area contributed by atoms with Crippen LogP contribution in [0.15, 0.2) is 28.0 Å². The SMILES string of the molecule is O=S(=O)(Cl)c1ccc(S(=O)(=O)NCCC2CCC2)c(F)c1. The molecule has 5 nitrogen and oxygen atoms in total. The molecule has 0 aromatic heterocycles. The van der Waals surface area contributed by atoms with Crippen LogP contribution in [-0.4, -0.2) is 23.4 Å². The Hall–Kier alpha value is -0.700. The predicted molar refractivity (Wildman–Crippen MR) is 76.6 cm³/mol. The quantitative estimate of drug-likeness (QED) is 0.793. The molecule has 0 atom stereocenters. The summed E-state index contributed by atoms with van der Waals surface area (Å²) >= 11 is 0. The number of halogens is 2. The van der Waals surface area contributed by atoms with Gasteiger partial charge in [0.2, 0.25) is 10.0 Å². The number of nitrogens with one attached hydrogen (secondary N) is 1. The van der Waals surface area contributed by atoms with E-state index in [2.05, 4.69) is 4.72 Å². The molecule has 2 rings (SSSR count). The highest BCUT2D eigenvalue weighted by molar-refractivity contribution is 8.13. The number of hydrogen-bond donors (Lipinski definition) is 1. The maximum Gasteiger partial charge on any atom is 0.261 e. The highest BCUT2D eigenvalue weighted by atomic mass is 35.7. The Kier molecular flexibility index (Phi) is 4.92. The van der Waals surface area contributed by atoms with Crippen LogP contribution in [0, 0.1) is 11.7 Å². The van der Waals surface area contributed by atoms with Crippen molar-refractivity contribution in [1.29, 1.82) is 0 Å². The molecule has 0 unspecified atom stereocenters. The van der Waals surface area contributed by atoms with Gasteiger partial charge in [-0.05, 0) is 30.5 Å². The van der Waals surface area contributed by atoms with Gasteiger partial charge in [0.15, 0.2) is 0 Å². The van der Waals surface area contributed by atoms with E-state index in [0.29, 0.717) is 12.0 Å². The van der Waals surface area contributed by atoms with Crippen LogP contribution in [-0.2, 0) is 19.1 Å². The van der Waals surface area contributed by atoms with Crippen molar-refractivity contribution in [1.82, 2.24) is 4.72 Å². The zero-order valence-electron chi connectivity index (χ0n) is 11.1. The van der Waals surface area contributed by atoms with Crippen LogP contribution < -0.4 is 4.72 Å². The normalized spacial score (nSPS) is 16.7. The summed E-state index contributed by atoms with van der Waals surface area (Å²) < 4.78 is 62.2. The molecule has 9 heteroatoms. The van der Waals surface area contributed by atoms with E-state index in [-0.39, 0.29) is 6.54 Å². The summed E-state index contributed by atoms with van der Waals surface area (Å²) in [4.78, 5) is -1.06. The van der Waals surface area contributed by atoms with Crippen LogP contribution in [0.4, 0.5) is 4.39 Å². The predicted octanol–water partition coefficient (Wildman–Crippen LogP) is 2.22. The minimum absolute atomic E-state index is 0.238. The minimum atomic E-state index is -4.09. The molecule has 0 heterocycles. The topological polar surface area (TPSA) is 80.3 Å². The molecule has 0 aliphatic heterocycles. The highest BCUT2D eigenvalue weighted by Gasteiger charge is 2.23. The summed E-state index contributed by atoms with van der Waals surface area (Å²) in [6, 6.07) is 2.46. The fourth-order valence-corrected chi connectivity index (χ4v) is 3.98. The summed E-state index contributed by atoms with van der Waals surface area (Å²) in [6.07, 6.45) is 4.08. The molecule has 1 fully saturated rings. The molecule has 118 valence electrons. The monoisotopic (exact) mass is 355 g/mol. The molecule has 0 bridgehead atoms. The molecule has 0 amide bonds. The van der Waals surface area contributed by atoms with Crippen LogP contribution in [0.25, 0.3) is 0 Å². The van der Waals surface area contributed by atoms with Crippen LogP contribution in [0.2, 0.25) is 0 Å². The minimum Gasteiger partial charge on any atom is -0.211 e. The van der Waals surface area contributed by atoms with Gasteiger partial charge in [-0.15, -0.1) is 0 Å². The molecule has 0 saturated heterocycles. The van der Waals surface area contributed by atoms with Crippen molar-refractivity contribution in [2.75, 3.05) is 6.54 Å². The van der Waals surface area contributed by atoms with Crippen molar-refractivity contribution in [3.05, 3.63) is 24.0 Å². The molecule has 1 saturated carbocycles. The summed E-state index contributed by atoms with van der Waals surface area (Å²) in [5, 5.41) is 0. The third-order valence-electron chi connectivity index (χ3n) is 3.54. The number of rotatable bonds is 6. The van der Waals surface area contributed by atoms with Gasteiger partial charge in [0.1, 0.15) is 10.7 Å². The van der Waals surface area contributed by atoms with E-state index in [1.54, 1.807) is 0 Å². The fraction of sp³-hybridized carbons (Fsp3) is 0.500. The van der Waals surface area contributed by atoms with E-state index in [0.717, 1.165) is 31.4 Å². The van der Waals surface area contributed by atoms with Gasteiger partial charge in [0, 0.05) is 17.2 Å². The van der Waals surface area contributed by atoms with Gasteiger partial charge in [0.25, 0.3) is 9.05 Å². The molecule has 21 heavy (non-hydrogen) atoms. The third kappa shape index (κ3) is 4.15. The average molecular weight is 356 g/mol. The number of benzene rings is 1. The Labute approximate surface area is 128 Å². The second-order valence-electron chi connectivity index (χ2n) is 5.01. The molecular weight excluding hydrogens is 341 g/mol. The van der Waals surface area contributed by atoms with E-state index in [1.807, 2.05) is 0 Å². The first-order valence-electron chi connectivity index (χ1n) is 6.44. The largest absolute Gasteiger partial charge is 0.261 e. The number of sulfonamides is 1. The Morgan fingerprint density at radius 2 is 1.90 bits per heavy atom. The zero-order valence-corrected chi connectivity index (χ0v) is 13.4. The van der Waals surface area contributed by atoms with Gasteiger partial charge in [-0.25, -0.2) is 25.9 Å². The van der Waals surface area contributed by atoms with Gasteiger partial charge in [0.05, 0.1) is 4.90 Å². The van der Waals surface area contributed by atoms with Crippen LogP contribution in [0.3, 0.4) is 0 Å². The summed E-state index contributed by atoms with van der Waals surface area (Å²) in [6.45, 7) is 0.238. The van der Waals surface area contributed by atoms with Crippen LogP contribution in [0.1, 0.15) is 25.7 Å². The Morgan fingerprint density at radius 3 is 2.38 bits per heavy atom. The standard InChI is InChI=1S/C12H15ClFNO4S2/c13-20(16,17)10-4-5-12(11(14)8-10)21(18,19)15-7-6-9-2-1-3-9/h4-5,8-9,15H,1-3,6-7H2. The van der Waals surface area contributed by atoms with Crippen LogP contribution in [0.5, 0.6) is 0 Å². The smallest absolute Gasteiger partial charge is 0.211 e. The van der Waals surface area contributed by atoms with Gasteiger partial charge < -0.3 is 0 Å².